The third-order valence-corrected chi connectivity index (χ3v) is 7.22. The van der Waals surface area contributed by atoms with Crippen LogP contribution >= 0.6 is 0 Å². The Balaban J connectivity index is 1.70. The van der Waals surface area contributed by atoms with Gasteiger partial charge in [0.1, 0.15) is 11.5 Å². The van der Waals surface area contributed by atoms with Crippen LogP contribution in [0.2, 0.25) is 0 Å². The van der Waals surface area contributed by atoms with Crippen molar-refractivity contribution in [1.29, 1.82) is 0 Å². The van der Waals surface area contributed by atoms with Crippen LogP contribution in [0, 0.1) is 0 Å². The van der Waals surface area contributed by atoms with Gasteiger partial charge in [0.2, 0.25) is 10.9 Å². The molecule has 0 spiro atoms. The summed E-state index contributed by atoms with van der Waals surface area (Å²) >= 11 is 0. The molecule has 0 heterocycles. The molecular formula is C37H48O10. The molecule has 0 fully saturated rings. The lowest BCUT2D eigenvalue weighted by Gasteiger charge is -2.04. The van der Waals surface area contributed by atoms with Gasteiger partial charge in [-0.05, 0) is 74.2 Å². The molecule has 2 rings (SSSR count). The topological polar surface area (TPSA) is 139 Å². The van der Waals surface area contributed by atoms with Crippen LogP contribution < -0.4 is 29.8 Å². The van der Waals surface area contributed by atoms with Gasteiger partial charge in [0.25, 0.3) is 0 Å². The highest BCUT2D eigenvalue weighted by atomic mass is 16.5. The molecule has 0 saturated heterocycles. The fourth-order valence-electron chi connectivity index (χ4n) is 4.55. The van der Waals surface area contributed by atoms with E-state index in [9.17, 15) is 28.8 Å². The Labute approximate surface area is 276 Å². The molecule has 0 unspecified atom stereocenters. The molecule has 0 amide bonds. The summed E-state index contributed by atoms with van der Waals surface area (Å²) in [5, 5.41) is 0. The van der Waals surface area contributed by atoms with Gasteiger partial charge in [-0.1, -0.05) is 71.6 Å². The van der Waals surface area contributed by atoms with Gasteiger partial charge in [-0.2, -0.15) is 0 Å². The molecule has 10 nitrogen and oxygen atoms in total. The first kappa shape index (κ1) is 38.8. The quantitative estimate of drug-likeness (QED) is 0.0933. The highest BCUT2D eigenvalue weighted by Gasteiger charge is 2.11. The number of ether oxygens (including phenoxy) is 4. The predicted molar refractivity (Wildman–Crippen MR) is 178 cm³/mol. The number of unbranched alkanes of at least 4 members (excludes halogenated alkanes) is 10. The first-order chi connectivity index (χ1) is 22.7. The fraction of sp³-hybridized carbons (Fsp3) is 0.514. The molecule has 2 aromatic rings. The highest BCUT2D eigenvalue weighted by Crippen LogP contribution is 2.16. The number of hydrogen-bond donors (Lipinski definition) is 0. The molecule has 10 heteroatoms. The normalized spacial score (nSPS) is 10.6. The second kappa shape index (κ2) is 23.1. The average molecular weight is 653 g/mol. The Morgan fingerprint density at radius 1 is 0.404 bits per heavy atom. The number of esters is 4. The standard InChI is InChI=1S/C37H48O10/c1-3-5-7-9-12-18-36(42)46-32-26-22-28(20-24-30(32)38)44-34(40)16-14-11-15-17-35(41)45-29-21-25-31(39)33(27-23-29)47-37(43)19-13-10-8-6-4-2/h20-27H,3-19H2,1-2H3. The van der Waals surface area contributed by atoms with E-state index in [-0.39, 0.29) is 48.7 Å². The van der Waals surface area contributed by atoms with Gasteiger partial charge in [0.05, 0.1) is 0 Å². The maximum Gasteiger partial charge on any atom is 0.311 e. The molecule has 0 radical (unpaired) electrons. The summed E-state index contributed by atoms with van der Waals surface area (Å²) in [4.78, 5) is 73.3. The molecule has 256 valence electrons. The predicted octanol–water partition coefficient (Wildman–Crippen LogP) is 7.40. The molecule has 0 bridgehead atoms. The maximum atomic E-state index is 12.3. The molecule has 0 aliphatic rings. The lowest BCUT2D eigenvalue weighted by atomic mass is 10.1. The number of rotatable bonds is 22. The Morgan fingerprint density at radius 3 is 1.06 bits per heavy atom. The van der Waals surface area contributed by atoms with Crippen LogP contribution in [0.4, 0.5) is 0 Å². The van der Waals surface area contributed by atoms with Crippen LogP contribution in [0.1, 0.15) is 123 Å². The van der Waals surface area contributed by atoms with Gasteiger partial charge < -0.3 is 18.9 Å². The van der Waals surface area contributed by atoms with Gasteiger partial charge in [0, 0.05) is 25.7 Å². The van der Waals surface area contributed by atoms with Gasteiger partial charge in [0.15, 0.2) is 11.5 Å². The Morgan fingerprint density at radius 2 is 0.702 bits per heavy atom. The minimum Gasteiger partial charge on any atom is -0.427 e. The van der Waals surface area contributed by atoms with E-state index in [2.05, 4.69) is 13.8 Å². The van der Waals surface area contributed by atoms with Gasteiger partial charge >= 0.3 is 23.9 Å². The summed E-state index contributed by atoms with van der Waals surface area (Å²) in [6, 6.07) is 10.5. The highest BCUT2D eigenvalue weighted by molar-refractivity contribution is 5.74. The smallest absolute Gasteiger partial charge is 0.311 e. The number of hydrogen-bond acceptors (Lipinski definition) is 10. The second-order valence-corrected chi connectivity index (χ2v) is 11.4. The van der Waals surface area contributed by atoms with Gasteiger partial charge in [-0.15, -0.1) is 0 Å². The lowest BCUT2D eigenvalue weighted by Crippen LogP contribution is -2.12. The zero-order chi connectivity index (χ0) is 34.3. The Bertz CT molecular complexity index is 1310. The van der Waals surface area contributed by atoms with Crippen molar-refractivity contribution in [3.8, 4) is 23.0 Å². The summed E-state index contributed by atoms with van der Waals surface area (Å²) in [5.74, 6) is -1.91. The van der Waals surface area contributed by atoms with Crippen molar-refractivity contribution < 1.29 is 38.1 Å². The van der Waals surface area contributed by atoms with E-state index >= 15 is 0 Å². The zero-order valence-corrected chi connectivity index (χ0v) is 27.7. The van der Waals surface area contributed by atoms with E-state index in [4.69, 9.17) is 18.9 Å². The van der Waals surface area contributed by atoms with Crippen molar-refractivity contribution in [2.45, 2.75) is 123 Å². The minimum absolute atomic E-state index is 0.0960. The molecule has 0 saturated carbocycles. The van der Waals surface area contributed by atoms with E-state index in [1.807, 2.05) is 0 Å². The summed E-state index contributed by atoms with van der Waals surface area (Å²) in [6.45, 7) is 4.23. The fourth-order valence-corrected chi connectivity index (χ4v) is 4.55. The molecule has 0 atom stereocenters. The SMILES string of the molecule is CCCCCCCC(=O)Oc1ccc(OC(=O)CCCCCC(=O)Oc2ccc(OC(=O)CCCCCCC)c(=O)cc2)ccc1=O. The summed E-state index contributed by atoms with van der Waals surface area (Å²) in [6.07, 6.45) is 12.0. The number of carbonyl (C=O) groups is 4. The third-order valence-electron chi connectivity index (χ3n) is 7.22. The van der Waals surface area contributed by atoms with Gasteiger partial charge in [-0.3, -0.25) is 28.8 Å². The molecular weight excluding hydrogens is 604 g/mol. The molecule has 0 aliphatic heterocycles. The molecule has 2 aromatic carbocycles. The van der Waals surface area contributed by atoms with E-state index in [1.54, 1.807) is 0 Å². The monoisotopic (exact) mass is 652 g/mol. The molecule has 0 N–H and O–H groups in total. The van der Waals surface area contributed by atoms with Crippen molar-refractivity contribution in [2.75, 3.05) is 0 Å². The average Bonchev–Trinajstić information content (AvgIpc) is 3.32. The Hall–Kier alpha value is -4.34. The van der Waals surface area contributed by atoms with E-state index in [1.165, 1.54) is 48.5 Å². The van der Waals surface area contributed by atoms with Crippen LogP contribution in [0.5, 0.6) is 23.0 Å². The van der Waals surface area contributed by atoms with E-state index in [0.29, 0.717) is 32.1 Å². The molecule has 47 heavy (non-hydrogen) atoms. The third kappa shape index (κ3) is 17.2. The largest absolute Gasteiger partial charge is 0.427 e. The number of carbonyl (C=O) groups excluding carboxylic acids is 4. The molecule has 0 aliphatic carbocycles. The van der Waals surface area contributed by atoms with Crippen molar-refractivity contribution in [1.82, 2.24) is 0 Å². The molecule has 0 aromatic heterocycles. The van der Waals surface area contributed by atoms with Crippen molar-refractivity contribution in [3.63, 3.8) is 0 Å². The van der Waals surface area contributed by atoms with Crippen LogP contribution in [0.25, 0.3) is 0 Å². The first-order valence-electron chi connectivity index (χ1n) is 16.8. The summed E-state index contributed by atoms with van der Waals surface area (Å²) in [7, 11) is 0. The van der Waals surface area contributed by atoms with Crippen LogP contribution in [-0.4, -0.2) is 23.9 Å². The minimum atomic E-state index is -0.505. The van der Waals surface area contributed by atoms with Crippen molar-refractivity contribution in [3.05, 3.63) is 69.0 Å². The summed E-state index contributed by atoms with van der Waals surface area (Å²) < 4.78 is 21.1. The van der Waals surface area contributed by atoms with Crippen molar-refractivity contribution >= 4 is 23.9 Å². The van der Waals surface area contributed by atoms with E-state index in [0.717, 1.165) is 51.4 Å². The van der Waals surface area contributed by atoms with Crippen LogP contribution in [0.3, 0.4) is 0 Å². The lowest BCUT2D eigenvalue weighted by molar-refractivity contribution is -0.135. The zero-order valence-electron chi connectivity index (χ0n) is 27.7. The van der Waals surface area contributed by atoms with Crippen LogP contribution in [0.15, 0.2) is 58.1 Å². The van der Waals surface area contributed by atoms with E-state index < -0.39 is 34.7 Å². The second-order valence-electron chi connectivity index (χ2n) is 11.4. The summed E-state index contributed by atoms with van der Waals surface area (Å²) in [5.41, 5.74) is -0.993. The first-order valence-corrected chi connectivity index (χ1v) is 16.8. The van der Waals surface area contributed by atoms with Crippen molar-refractivity contribution in [2.24, 2.45) is 0 Å². The van der Waals surface area contributed by atoms with Gasteiger partial charge in [-0.25, -0.2) is 0 Å². The maximum absolute atomic E-state index is 12.3. The Kier molecular flexibility index (Phi) is 19.1. The van der Waals surface area contributed by atoms with Crippen LogP contribution in [-0.2, 0) is 19.2 Å².